The van der Waals surface area contributed by atoms with Crippen LogP contribution < -0.4 is 10.6 Å². The molecule has 1 aromatic carbocycles. The Hall–Kier alpha value is -1.74. The maximum Gasteiger partial charge on any atom is 0.243 e. The van der Waals surface area contributed by atoms with Crippen LogP contribution in [0.1, 0.15) is 6.92 Å². The first-order valence-corrected chi connectivity index (χ1v) is 9.22. The molecule has 0 radical (unpaired) electrons. The summed E-state index contributed by atoms with van der Waals surface area (Å²) in [7, 11) is -3.58. The van der Waals surface area contributed by atoms with Crippen LogP contribution in [0.3, 0.4) is 0 Å². The molecule has 1 fully saturated rings. The SMILES string of the molecule is C=CCN[C@@H](C)C(=O)Nc1cccc(S(=O)(=O)N2CCOCC2)c1. The van der Waals surface area contributed by atoms with Crippen LogP contribution in [-0.4, -0.2) is 57.5 Å². The molecule has 0 unspecified atom stereocenters. The molecule has 0 spiro atoms. The zero-order valence-corrected chi connectivity index (χ0v) is 14.5. The highest BCUT2D eigenvalue weighted by molar-refractivity contribution is 7.89. The number of benzene rings is 1. The van der Waals surface area contributed by atoms with Gasteiger partial charge in [0.25, 0.3) is 0 Å². The Bertz CT molecular complexity index is 684. The van der Waals surface area contributed by atoms with Gasteiger partial charge >= 0.3 is 0 Å². The molecule has 1 aliphatic heterocycles. The molecule has 0 aromatic heterocycles. The minimum atomic E-state index is -3.58. The number of hydrogen-bond acceptors (Lipinski definition) is 5. The van der Waals surface area contributed by atoms with E-state index in [1.807, 2.05) is 0 Å². The van der Waals surface area contributed by atoms with Crippen LogP contribution in [0.5, 0.6) is 0 Å². The molecule has 1 aromatic rings. The zero-order chi connectivity index (χ0) is 17.6. The van der Waals surface area contributed by atoms with Gasteiger partial charge in [0.1, 0.15) is 0 Å². The van der Waals surface area contributed by atoms with E-state index >= 15 is 0 Å². The highest BCUT2D eigenvalue weighted by Crippen LogP contribution is 2.20. The molecule has 8 heteroatoms. The third kappa shape index (κ3) is 4.64. The van der Waals surface area contributed by atoms with Crippen LogP contribution in [0.15, 0.2) is 41.8 Å². The Morgan fingerprint density at radius 2 is 2.12 bits per heavy atom. The number of nitrogens with zero attached hydrogens (tertiary/aromatic N) is 1. The smallest absolute Gasteiger partial charge is 0.243 e. The van der Waals surface area contributed by atoms with E-state index in [1.165, 1.54) is 16.4 Å². The lowest BCUT2D eigenvalue weighted by molar-refractivity contribution is -0.117. The Morgan fingerprint density at radius 1 is 1.42 bits per heavy atom. The lowest BCUT2D eigenvalue weighted by Crippen LogP contribution is -2.40. The number of nitrogens with one attached hydrogen (secondary N) is 2. The minimum Gasteiger partial charge on any atom is -0.379 e. The summed E-state index contributed by atoms with van der Waals surface area (Å²) in [6, 6.07) is 5.87. The van der Waals surface area contributed by atoms with Crippen LogP contribution in [-0.2, 0) is 19.6 Å². The van der Waals surface area contributed by atoms with Crippen molar-refractivity contribution in [1.82, 2.24) is 9.62 Å². The summed E-state index contributed by atoms with van der Waals surface area (Å²) in [6.07, 6.45) is 1.67. The summed E-state index contributed by atoms with van der Waals surface area (Å²) in [4.78, 5) is 12.3. The molecule has 24 heavy (non-hydrogen) atoms. The van der Waals surface area contributed by atoms with Crippen LogP contribution in [0.25, 0.3) is 0 Å². The van der Waals surface area contributed by atoms with E-state index in [1.54, 1.807) is 25.1 Å². The molecular weight excluding hydrogens is 330 g/mol. The largest absolute Gasteiger partial charge is 0.379 e. The molecule has 7 nitrogen and oxygen atoms in total. The van der Waals surface area contributed by atoms with Crippen molar-refractivity contribution in [2.45, 2.75) is 17.9 Å². The van der Waals surface area contributed by atoms with Crippen LogP contribution in [0, 0.1) is 0 Å². The molecule has 0 bridgehead atoms. The number of anilines is 1. The lowest BCUT2D eigenvalue weighted by Gasteiger charge is -2.26. The van der Waals surface area contributed by atoms with Gasteiger partial charge in [0.15, 0.2) is 0 Å². The molecule has 1 saturated heterocycles. The molecule has 1 atom stereocenters. The van der Waals surface area contributed by atoms with Gasteiger partial charge in [0, 0.05) is 25.3 Å². The van der Waals surface area contributed by atoms with E-state index in [4.69, 9.17) is 4.74 Å². The second-order valence-corrected chi connectivity index (χ2v) is 7.39. The van der Waals surface area contributed by atoms with Crippen molar-refractivity contribution in [3.63, 3.8) is 0 Å². The number of morpholine rings is 1. The van der Waals surface area contributed by atoms with Crippen LogP contribution in [0.4, 0.5) is 5.69 Å². The summed E-state index contributed by atoms with van der Waals surface area (Å²) in [5.74, 6) is -0.238. The van der Waals surface area contributed by atoms with Gasteiger partial charge in [-0.05, 0) is 25.1 Å². The van der Waals surface area contributed by atoms with Crippen molar-refractivity contribution in [2.75, 3.05) is 38.2 Å². The van der Waals surface area contributed by atoms with Gasteiger partial charge < -0.3 is 15.4 Å². The van der Waals surface area contributed by atoms with Crippen LogP contribution in [0.2, 0.25) is 0 Å². The fourth-order valence-electron chi connectivity index (χ4n) is 2.27. The minimum absolute atomic E-state index is 0.161. The summed E-state index contributed by atoms with van der Waals surface area (Å²) in [5.41, 5.74) is 0.446. The van der Waals surface area contributed by atoms with Gasteiger partial charge in [0.2, 0.25) is 15.9 Å². The molecule has 0 saturated carbocycles. The molecule has 2 N–H and O–H groups in total. The second kappa shape index (κ2) is 8.39. The Kier molecular flexibility index (Phi) is 6.50. The first kappa shape index (κ1) is 18.6. The first-order valence-electron chi connectivity index (χ1n) is 7.78. The van der Waals surface area contributed by atoms with Crippen molar-refractivity contribution in [3.8, 4) is 0 Å². The summed E-state index contributed by atoms with van der Waals surface area (Å²) >= 11 is 0. The van der Waals surface area contributed by atoms with Gasteiger partial charge in [-0.25, -0.2) is 8.42 Å². The Morgan fingerprint density at radius 3 is 2.79 bits per heavy atom. The third-order valence-corrected chi connectivity index (χ3v) is 5.57. The predicted molar refractivity (Wildman–Crippen MR) is 92.3 cm³/mol. The molecule has 0 aliphatic carbocycles. The predicted octanol–water partition coefficient (Wildman–Crippen LogP) is 0.810. The number of carbonyl (C=O) groups excluding carboxylic acids is 1. The average Bonchev–Trinajstić information content (AvgIpc) is 2.60. The van der Waals surface area contributed by atoms with Gasteiger partial charge in [-0.2, -0.15) is 4.31 Å². The Labute approximate surface area is 142 Å². The normalized spacial score (nSPS) is 17.2. The fourth-order valence-corrected chi connectivity index (χ4v) is 3.73. The quantitative estimate of drug-likeness (QED) is 0.709. The maximum atomic E-state index is 12.6. The zero-order valence-electron chi connectivity index (χ0n) is 13.7. The van der Waals surface area contributed by atoms with E-state index in [2.05, 4.69) is 17.2 Å². The highest BCUT2D eigenvalue weighted by Gasteiger charge is 2.26. The molecule has 1 amide bonds. The second-order valence-electron chi connectivity index (χ2n) is 5.45. The number of amides is 1. The molecule has 2 rings (SSSR count). The number of sulfonamides is 1. The Balaban J connectivity index is 2.10. The summed E-state index contributed by atoms with van der Waals surface area (Å²) in [6.45, 7) is 7.28. The summed E-state index contributed by atoms with van der Waals surface area (Å²) < 4.78 is 31.9. The van der Waals surface area contributed by atoms with E-state index in [0.29, 0.717) is 38.5 Å². The van der Waals surface area contributed by atoms with Gasteiger partial charge in [0.05, 0.1) is 24.2 Å². The molecular formula is C16H23N3O4S. The highest BCUT2D eigenvalue weighted by atomic mass is 32.2. The number of hydrogen-bond donors (Lipinski definition) is 2. The van der Waals surface area contributed by atoms with Crippen molar-refractivity contribution in [3.05, 3.63) is 36.9 Å². The average molecular weight is 353 g/mol. The number of rotatable bonds is 7. The van der Waals surface area contributed by atoms with Crippen molar-refractivity contribution in [1.29, 1.82) is 0 Å². The van der Waals surface area contributed by atoms with E-state index in [0.717, 1.165) is 0 Å². The van der Waals surface area contributed by atoms with Crippen molar-refractivity contribution < 1.29 is 17.9 Å². The van der Waals surface area contributed by atoms with Gasteiger partial charge in [-0.1, -0.05) is 12.1 Å². The topological polar surface area (TPSA) is 87.7 Å². The van der Waals surface area contributed by atoms with E-state index < -0.39 is 16.1 Å². The van der Waals surface area contributed by atoms with Crippen molar-refractivity contribution >= 4 is 21.6 Å². The molecule has 1 heterocycles. The van der Waals surface area contributed by atoms with Gasteiger partial charge in [-0.3, -0.25) is 4.79 Å². The number of carbonyl (C=O) groups is 1. The van der Waals surface area contributed by atoms with Crippen molar-refractivity contribution in [2.24, 2.45) is 0 Å². The van der Waals surface area contributed by atoms with Gasteiger partial charge in [-0.15, -0.1) is 6.58 Å². The maximum absolute atomic E-state index is 12.6. The summed E-state index contributed by atoms with van der Waals surface area (Å²) in [5, 5.41) is 5.70. The lowest BCUT2D eigenvalue weighted by atomic mass is 10.2. The van der Waals surface area contributed by atoms with E-state index in [9.17, 15) is 13.2 Å². The third-order valence-electron chi connectivity index (χ3n) is 3.67. The first-order chi connectivity index (χ1) is 11.4. The van der Waals surface area contributed by atoms with E-state index in [-0.39, 0.29) is 10.8 Å². The standard InChI is InChI=1S/C16H23N3O4S/c1-3-7-17-13(2)16(20)18-14-5-4-6-15(12-14)24(21,22)19-8-10-23-11-9-19/h3-6,12-13,17H,1,7-11H2,2H3,(H,18,20)/t13-/m0/s1. The fraction of sp³-hybridized carbons (Fsp3) is 0.438. The molecule has 132 valence electrons. The monoisotopic (exact) mass is 353 g/mol. The molecule has 1 aliphatic rings. The number of ether oxygens (including phenoxy) is 1. The van der Waals surface area contributed by atoms with Crippen LogP contribution >= 0.6 is 0 Å².